The number of hydrogen-bond acceptors (Lipinski definition) is 5. The molecular weight excluding hydrogens is 404 g/mol. The number of carbonyl (C=O) groups is 1. The van der Waals surface area contributed by atoms with Crippen molar-refractivity contribution in [1.82, 2.24) is 0 Å². The monoisotopic (exact) mass is 438 g/mol. The molecule has 32 heavy (non-hydrogen) atoms. The van der Waals surface area contributed by atoms with Crippen LogP contribution in [0.3, 0.4) is 0 Å². The topological polar surface area (TPSA) is 87.0 Å². The third kappa shape index (κ3) is 2.62. The molecule has 5 nitrogen and oxygen atoms in total. The number of Topliss-reactive ketones (excluding diaryl/α,β-unsaturated/α-hetero) is 1. The van der Waals surface area contributed by atoms with Crippen molar-refractivity contribution in [3.63, 3.8) is 0 Å². The second-order valence-corrected chi connectivity index (χ2v) is 11.0. The number of carbonyl (C=O) groups excluding carboxylic acids is 1. The zero-order valence-corrected chi connectivity index (χ0v) is 19.3. The molecule has 172 valence electrons. The Hall–Kier alpha value is -1.79. The molecule has 0 heterocycles. The highest BCUT2D eigenvalue weighted by atomic mass is 16.5. The van der Waals surface area contributed by atoms with Crippen molar-refractivity contribution in [2.45, 2.75) is 58.5 Å². The molecule has 0 saturated heterocycles. The number of hydrogen-bond donors (Lipinski definition) is 3. The fourth-order valence-corrected chi connectivity index (χ4v) is 7.42. The Kier molecular flexibility index (Phi) is 4.89. The van der Waals surface area contributed by atoms with Gasteiger partial charge in [-0.15, -0.1) is 0 Å². The van der Waals surface area contributed by atoms with Gasteiger partial charge in [-0.25, -0.2) is 0 Å². The maximum Gasteiger partial charge on any atom is 0.153 e. The maximum atomic E-state index is 14.3. The van der Waals surface area contributed by atoms with Crippen LogP contribution in [0.4, 0.5) is 0 Å². The van der Waals surface area contributed by atoms with E-state index in [0.29, 0.717) is 11.5 Å². The van der Waals surface area contributed by atoms with E-state index in [1.54, 1.807) is 6.08 Å². The summed E-state index contributed by atoms with van der Waals surface area (Å²) in [6.45, 7) is 8.14. The second kappa shape index (κ2) is 7.10. The average molecular weight is 439 g/mol. The number of fused-ring (bicyclic) bond motifs is 3. The Bertz CT molecular complexity index is 995. The van der Waals surface area contributed by atoms with E-state index in [4.69, 9.17) is 4.74 Å². The van der Waals surface area contributed by atoms with Gasteiger partial charge in [-0.1, -0.05) is 63.3 Å². The van der Waals surface area contributed by atoms with Gasteiger partial charge in [-0.05, 0) is 53.2 Å². The smallest absolute Gasteiger partial charge is 0.153 e. The molecule has 8 atom stereocenters. The van der Waals surface area contributed by atoms with E-state index in [1.807, 2.05) is 50.3 Å². The number of ether oxygens (including phenoxy) is 1. The van der Waals surface area contributed by atoms with Crippen molar-refractivity contribution in [2.75, 3.05) is 6.61 Å². The Morgan fingerprint density at radius 1 is 1.19 bits per heavy atom. The van der Waals surface area contributed by atoms with Gasteiger partial charge in [0, 0.05) is 5.92 Å². The molecule has 3 N–H and O–H groups in total. The van der Waals surface area contributed by atoms with Crippen LogP contribution < -0.4 is 0 Å². The number of aliphatic hydroxyl groups excluding tert-OH is 2. The van der Waals surface area contributed by atoms with E-state index in [0.717, 1.165) is 17.6 Å². The third-order valence-electron chi connectivity index (χ3n) is 9.16. The first-order chi connectivity index (χ1) is 15.1. The van der Waals surface area contributed by atoms with E-state index in [-0.39, 0.29) is 29.6 Å². The Morgan fingerprint density at radius 2 is 1.88 bits per heavy atom. The molecule has 4 aliphatic rings. The zero-order valence-electron chi connectivity index (χ0n) is 19.3. The number of aliphatic hydroxyl groups is 3. The number of benzene rings is 1. The first-order valence-corrected chi connectivity index (χ1v) is 11.7. The molecule has 2 bridgehead atoms. The molecule has 2 saturated carbocycles. The normalized spacial score (nSPS) is 44.0. The lowest BCUT2D eigenvalue weighted by molar-refractivity contribution is -0.201. The lowest BCUT2D eigenvalue weighted by Crippen LogP contribution is -2.65. The van der Waals surface area contributed by atoms with Crippen LogP contribution in [0.15, 0.2) is 53.6 Å². The second-order valence-electron chi connectivity index (χ2n) is 11.0. The van der Waals surface area contributed by atoms with Crippen molar-refractivity contribution >= 4 is 5.78 Å². The molecule has 0 aromatic heterocycles. The fourth-order valence-electron chi connectivity index (χ4n) is 7.42. The van der Waals surface area contributed by atoms with Gasteiger partial charge in [0.1, 0.15) is 17.8 Å². The summed E-state index contributed by atoms with van der Waals surface area (Å²) in [5.41, 5.74) is -1.06. The summed E-state index contributed by atoms with van der Waals surface area (Å²) < 4.78 is 6.26. The third-order valence-corrected chi connectivity index (χ3v) is 9.16. The first-order valence-electron chi connectivity index (χ1n) is 11.7. The van der Waals surface area contributed by atoms with Crippen LogP contribution in [-0.4, -0.2) is 45.5 Å². The lowest BCUT2D eigenvalue weighted by Gasteiger charge is -2.49. The fraction of sp³-hybridized carbons (Fsp3) is 0.593. The van der Waals surface area contributed by atoms with Crippen molar-refractivity contribution < 1.29 is 24.9 Å². The van der Waals surface area contributed by atoms with Gasteiger partial charge in [0.25, 0.3) is 0 Å². The van der Waals surface area contributed by atoms with Crippen LogP contribution in [-0.2, 0) is 16.1 Å². The van der Waals surface area contributed by atoms with Crippen LogP contribution in [0.1, 0.15) is 39.7 Å². The van der Waals surface area contributed by atoms with Gasteiger partial charge in [0.2, 0.25) is 0 Å². The molecule has 4 aliphatic carbocycles. The van der Waals surface area contributed by atoms with Crippen LogP contribution in [0.5, 0.6) is 0 Å². The van der Waals surface area contributed by atoms with E-state index in [9.17, 15) is 20.1 Å². The van der Waals surface area contributed by atoms with Gasteiger partial charge in [-0.3, -0.25) is 4.79 Å². The van der Waals surface area contributed by atoms with Gasteiger partial charge < -0.3 is 20.1 Å². The maximum absolute atomic E-state index is 14.3. The summed E-state index contributed by atoms with van der Waals surface area (Å²) >= 11 is 0. The minimum atomic E-state index is -1.87. The summed E-state index contributed by atoms with van der Waals surface area (Å²) in [7, 11) is 0. The minimum Gasteiger partial charge on any atom is -0.392 e. The first kappa shape index (κ1) is 22.0. The molecule has 2 fully saturated rings. The van der Waals surface area contributed by atoms with E-state index in [2.05, 4.69) is 13.8 Å². The predicted octanol–water partition coefficient (Wildman–Crippen LogP) is 3.04. The predicted molar refractivity (Wildman–Crippen MR) is 120 cm³/mol. The lowest BCUT2D eigenvalue weighted by atomic mass is 9.59. The van der Waals surface area contributed by atoms with Crippen molar-refractivity contribution in [2.24, 2.45) is 34.5 Å². The van der Waals surface area contributed by atoms with Crippen molar-refractivity contribution in [3.05, 3.63) is 59.2 Å². The molecule has 0 radical (unpaired) electrons. The van der Waals surface area contributed by atoms with Gasteiger partial charge >= 0.3 is 0 Å². The quantitative estimate of drug-likeness (QED) is 0.629. The van der Waals surface area contributed by atoms with Crippen LogP contribution in [0, 0.1) is 34.5 Å². The summed E-state index contributed by atoms with van der Waals surface area (Å²) in [4.78, 5) is 14.3. The molecule has 1 aromatic rings. The molecule has 5 heteroatoms. The van der Waals surface area contributed by atoms with E-state index in [1.165, 1.54) is 0 Å². The molecule has 1 spiro atoms. The Labute approximate surface area is 189 Å². The highest BCUT2D eigenvalue weighted by molar-refractivity contribution is 5.95. The molecule has 0 unspecified atom stereocenters. The molecular formula is C27H34O5. The van der Waals surface area contributed by atoms with Gasteiger partial charge in [-0.2, -0.15) is 0 Å². The largest absolute Gasteiger partial charge is 0.392 e. The molecule has 0 amide bonds. The van der Waals surface area contributed by atoms with Gasteiger partial charge in [0.05, 0.1) is 18.6 Å². The Balaban J connectivity index is 1.62. The zero-order chi connectivity index (χ0) is 23.1. The summed E-state index contributed by atoms with van der Waals surface area (Å²) in [5.74, 6) is -0.105. The SMILES string of the molecule is CC1=C[C@@]23C(=O)[C@@H](C=C(CO)[C@@H](O)[C@]2(O)[C@H]1OCc1ccccc1)[C@H]1[C@@H](C[C@H]3C)C1(C)C. The van der Waals surface area contributed by atoms with E-state index < -0.39 is 35.7 Å². The highest BCUT2D eigenvalue weighted by Gasteiger charge is 2.75. The van der Waals surface area contributed by atoms with E-state index >= 15 is 0 Å². The molecule has 1 aromatic carbocycles. The van der Waals surface area contributed by atoms with Crippen LogP contribution in [0.25, 0.3) is 0 Å². The average Bonchev–Trinajstić information content (AvgIpc) is 3.24. The standard InChI is InChI=1S/C27H34O5/c1-15-12-26-16(2)10-20-21(25(20,3)4)19(23(26)30)11-18(13-28)22(29)27(26,31)24(15)32-14-17-8-6-5-7-9-17/h5-9,11-12,16,19-22,24,28-29,31H,10,13-14H2,1-4H3/t16-,19+,20-,21+,22-,24+,26-,27+/m1/s1. The highest BCUT2D eigenvalue weighted by Crippen LogP contribution is 2.71. The molecule has 5 rings (SSSR count). The minimum absolute atomic E-state index is 0.0290. The summed E-state index contributed by atoms with van der Waals surface area (Å²) in [5, 5.41) is 34.0. The summed E-state index contributed by atoms with van der Waals surface area (Å²) in [6.07, 6.45) is 2.22. The van der Waals surface area contributed by atoms with Gasteiger partial charge in [0.15, 0.2) is 5.78 Å². The van der Waals surface area contributed by atoms with Crippen molar-refractivity contribution in [3.8, 4) is 0 Å². The number of rotatable bonds is 4. The summed E-state index contributed by atoms with van der Waals surface area (Å²) in [6, 6.07) is 9.67. The number of ketones is 1. The van der Waals surface area contributed by atoms with Crippen LogP contribution >= 0.6 is 0 Å². The van der Waals surface area contributed by atoms with Crippen LogP contribution in [0.2, 0.25) is 0 Å². The number of allylic oxidation sites excluding steroid dienone is 1. The van der Waals surface area contributed by atoms with Crippen molar-refractivity contribution in [1.29, 1.82) is 0 Å². The molecule has 0 aliphatic heterocycles. The Morgan fingerprint density at radius 3 is 2.53 bits per heavy atom.